The van der Waals surface area contributed by atoms with Gasteiger partial charge in [-0.3, -0.25) is 14.9 Å². The summed E-state index contributed by atoms with van der Waals surface area (Å²) in [5.41, 5.74) is -0.00742. The van der Waals surface area contributed by atoms with E-state index in [1.807, 2.05) is 6.92 Å². The Bertz CT molecular complexity index is 933. The first-order valence-electron chi connectivity index (χ1n) is 9.16. The second kappa shape index (κ2) is 11.0. The number of amides is 1. The molecule has 0 unspecified atom stereocenters. The molecule has 0 radical (unpaired) electrons. The van der Waals surface area contributed by atoms with Gasteiger partial charge in [-0.2, -0.15) is 0 Å². The number of nitro benzene ring substituents is 1. The van der Waals surface area contributed by atoms with Gasteiger partial charge in [0.2, 0.25) is 0 Å². The van der Waals surface area contributed by atoms with Crippen LogP contribution in [0.3, 0.4) is 0 Å². The molecule has 0 atom stereocenters. The fraction of sp³-hybridized carbons (Fsp3) is 0.300. The smallest absolute Gasteiger partial charge is 0.338 e. The molecule has 2 aromatic carbocycles. The fourth-order valence-corrected chi connectivity index (χ4v) is 2.52. The van der Waals surface area contributed by atoms with Crippen LogP contribution < -0.4 is 14.8 Å². The SMILES string of the molecule is CCCOc1ccc(C(=O)OCC(=O)Nc2cc([N+](=O)[O-])ccc2Cl)cc1OCC. The molecule has 10 heteroatoms. The van der Waals surface area contributed by atoms with E-state index in [4.69, 9.17) is 25.8 Å². The molecular weight excluding hydrogens is 416 g/mol. The molecule has 0 spiro atoms. The number of ether oxygens (including phenoxy) is 3. The summed E-state index contributed by atoms with van der Waals surface area (Å²) in [7, 11) is 0. The van der Waals surface area contributed by atoms with Crippen molar-refractivity contribution >= 4 is 34.9 Å². The number of hydrogen-bond acceptors (Lipinski definition) is 7. The Kier molecular flexibility index (Phi) is 8.42. The molecule has 2 rings (SSSR count). The van der Waals surface area contributed by atoms with Crippen LogP contribution in [0.15, 0.2) is 36.4 Å². The summed E-state index contributed by atoms with van der Waals surface area (Å²) in [5.74, 6) is -0.529. The highest BCUT2D eigenvalue weighted by Crippen LogP contribution is 2.29. The number of nitro groups is 1. The molecule has 0 aromatic heterocycles. The minimum atomic E-state index is -0.738. The van der Waals surface area contributed by atoms with Crippen molar-refractivity contribution in [3.05, 3.63) is 57.1 Å². The second-order valence-corrected chi connectivity index (χ2v) is 6.40. The zero-order valence-electron chi connectivity index (χ0n) is 16.5. The molecule has 0 heterocycles. The third kappa shape index (κ3) is 6.35. The highest BCUT2D eigenvalue weighted by molar-refractivity contribution is 6.33. The summed E-state index contributed by atoms with van der Waals surface area (Å²) in [5, 5.41) is 13.3. The number of hydrogen-bond donors (Lipinski definition) is 1. The van der Waals surface area contributed by atoms with E-state index < -0.39 is 23.4 Å². The van der Waals surface area contributed by atoms with E-state index in [1.165, 1.54) is 24.3 Å². The van der Waals surface area contributed by atoms with Gasteiger partial charge in [-0.25, -0.2) is 4.79 Å². The lowest BCUT2D eigenvalue weighted by molar-refractivity contribution is -0.384. The summed E-state index contributed by atoms with van der Waals surface area (Å²) < 4.78 is 16.1. The van der Waals surface area contributed by atoms with Crippen LogP contribution in [0.5, 0.6) is 11.5 Å². The average molecular weight is 437 g/mol. The lowest BCUT2D eigenvalue weighted by Gasteiger charge is -2.13. The topological polar surface area (TPSA) is 117 Å². The van der Waals surface area contributed by atoms with E-state index in [0.29, 0.717) is 24.7 Å². The minimum Gasteiger partial charge on any atom is -0.490 e. The molecule has 0 bridgehead atoms. The van der Waals surface area contributed by atoms with E-state index in [1.54, 1.807) is 13.0 Å². The highest BCUT2D eigenvalue weighted by Gasteiger charge is 2.16. The average Bonchev–Trinajstić information content (AvgIpc) is 2.72. The van der Waals surface area contributed by atoms with Gasteiger partial charge < -0.3 is 19.5 Å². The fourth-order valence-electron chi connectivity index (χ4n) is 2.36. The van der Waals surface area contributed by atoms with Crippen molar-refractivity contribution < 1.29 is 28.7 Å². The Morgan fingerprint density at radius 1 is 1.10 bits per heavy atom. The summed E-state index contributed by atoms with van der Waals surface area (Å²) in [6.07, 6.45) is 0.819. The number of esters is 1. The molecule has 30 heavy (non-hydrogen) atoms. The summed E-state index contributed by atoms with van der Waals surface area (Å²) in [6, 6.07) is 8.20. The van der Waals surface area contributed by atoms with Gasteiger partial charge in [0.05, 0.1) is 34.4 Å². The molecule has 0 aliphatic rings. The molecule has 0 aliphatic carbocycles. The molecule has 160 valence electrons. The molecule has 0 saturated heterocycles. The quantitative estimate of drug-likeness (QED) is 0.336. The lowest BCUT2D eigenvalue weighted by Crippen LogP contribution is -2.21. The monoisotopic (exact) mass is 436 g/mol. The minimum absolute atomic E-state index is 0.0444. The second-order valence-electron chi connectivity index (χ2n) is 5.99. The van der Waals surface area contributed by atoms with Gasteiger partial charge in [-0.15, -0.1) is 0 Å². The van der Waals surface area contributed by atoms with Crippen LogP contribution in [0.4, 0.5) is 11.4 Å². The first kappa shape index (κ1) is 23.0. The Balaban J connectivity index is 2.01. The Morgan fingerprint density at radius 2 is 1.87 bits per heavy atom. The van der Waals surface area contributed by atoms with Gasteiger partial charge in [-0.05, 0) is 37.6 Å². The maximum atomic E-state index is 12.3. The highest BCUT2D eigenvalue weighted by atomic mass is 35.5. The Labute approximate surface area is 178 Å². The number of benzene rings is 2. The number of nitrogens with one attached hydrogen (secondary N) is 1. The van der Waals surface area contributed by atoms with Crippen LogP contribution in [-0.4, -0.2) is 36.6 Å². The number of carbonyl (C=O) groups is 2. The van der Waals surface area contributed by atoms with E-state index in [2.05, 4.69) is 5.32 Å². The maximum Gasteiger partial charge on any atom is 0.338 e. The molecule has 0 fully saturated rings. The Morgan fingerprint density at radius 3 is 2.53 bits per heavy atom. The predicted octanol–water partition coefficient (Wildman–Crippen LogP) is 4.23. The zero-order chi connectivity index (χ0) is 22.1. The molecular formula is C20H21ClN2O7. The van der Waals surface area contributed by atoms with Crippen molar-refractivity contribution in [3.63, 3.8) is 0 Å². The number of non-ortho nitro benzene ring substituents is 1. The van der Waals surface area contributed by atoms with Crippen LogP contribution in [0.25, 0.3) is 0 Å². The van der Waals surface area contributed by atoms with Crippen LogP contribution in [0, 0.1) is 10.1 Å². The Hall–Kier alpha value is -3.33. The van der Waals surface area contributed by atoms with E-state index in [0.717, 1.165) is 12.5 Å². The van der Waals surface area contributed by atoms with Gasteiger partial charge in [0.1, 0.15) is 0 Å². The van der Waals surface area contributed by atoms with Crippen LogP contribution in [0.1, 0.15) is 30.6 Å². The summed E-state index contributed by atoms with van der Waals surface area (Å²) >= 11 is 5.93. The third-order valence-electron chi connectivity index (χ3n) is 3.71. The third-order valence-corrected chi connectivity index (χ3v) is 4.04. The maximum absolute atomic E-state index is 12.3. The van der Waals surface area contributed by atoms with Gasteiger partial charge >= 0.3 is 5.97 Å². The van der Waals surface area contributed by atoms with Crippen molar-refractivity contribution in [2.24, 2.45) is 0 Å². The van der Waals surface area contributed by atoms with Crippen molar-refractivity contribution in [2.75, 3.05) is 25.1 Å². The summed E-state index contributed by atoms with van der Waals surface area (Å²) in [6.45, 7) is 4.06. The number of anilines is 1. The van der Waals surface area contributed by atoms with Crippen molar-refractivity contribution in [3.8, 4) is 11.5 Å². The van der Waals surface area contributed by atoms with Gasteiger partial charge in [0.25, 0.3) is 11.6 Å². The van der Waals surface area contributed by atoms with Gasteiger partial charge in [0, 0.05) is 12.1 Å². The van der Waals surface area contributed by atoms with E-state index in [-0.39, 0.29) is 22.0 Å². The first-order chi connectivity index (χ1) is 14.3. The zero-order valence-corrected chi connectivity index (χ0v) is 17.2. The molecule has 1 amide bonds. The summed E-state index contributed by atoms with van der Waals surface area (Å²) in [4.78, 5) is 34.6. The number of carbonyl (C=O) groups excluding carboxylic acids is 2. The van der Waals surface area contributed by atoms with Crippen molar-refractivity contribution in [1.82, 2.24) is 0 Å². The number of rotatable bonds is 10. The van der Waals surface area contributed by atoms with Crippen molar-refractivity contribution in [2.45, 2.75) is 20.3 Å². The number of nitrogens with zero attached hydrogens (tertiary/aromatic N) is 1. The molecule has 0 aliphatic heterocycles. The van der Waals surface area contributed by atoms with Crippen molar-refractivity contribution in [1.29, 1.82) is 0 Å². The molecule has 2 aromatic rings. The number of halogens is 1. The standard InChI is InChI=1S/C20H21ClN2O7/c1-3-9-29-17-8-5-13(10-18(17)28-4-2)20(25)30-12-19(24)22-16-11-14(23(26)27)6-7-15(16)21/h5-8,10-11H,3-4,9,12H2,1-2H3,(H,22,24). The normalized spacial score (nSPS) is 10.2. The van der Waals surface area contributed by atoms with E-state index >= 15 is 0 Å². The largest absolute Gasteiger partial charge is 0.490 e. The van der Waals surface area contributed by atoms with Crippen LogP contribution in [-0.2, 0) is 9.53 Å². The first-order valence-corrected chi connectivity index (χ1v) is 9.54. The predicted molar refractivity (Wildman–Crippen MR) is 110 cm³/mol. The lowest BCUT2D eigenvalue weighted by atomic mass is 10.2. The van der Waals surface area contributed by atoms with Crippen LogP contribution >= 0.6 is 11.6 Å². The molecule has 1 N–H and O–H groups in total. The van der Waals surface area contributed by atoms with Gasteiger partial charge in [-0.1, -0.05) is 18.5 Å². The molecule has 0 saturated carbocycles. The van der Waals surface area contributed by atoms with Crippen LogP contribution in [0.2, 0.25) is 5.02 Å². The molecule has 9 nitrogen and oxygen atoms in total. The van der Waals surface area contributed by atoms with Gasteiger partial charge in [0.15, 0.2) is 18.1 Å². The van der Waals surface area contributed by atoms with E-state index in [9.17, 15) is 19.7 Å².